The van der Waals surface area contributed by atoms with E-state index in [1.165, 1.54) is 11.8 Å². The summed E-state index contributed by atoms with van der Waals surface area (Å²) in [6.45, 7) is 0.602. The average molecular weight is 346 g/mol. The van der Waals surface area contributed by atoms with E-state index in [0.29, 0.717) is 6.54 Å². The van der Waals surface area contributed by atoms with Crippen LogP contribution in [-0.4, -0.2) is 29.8 Å². The molecule has 0 saturated carbocycles. The third kappa shape index (κ3) is 5.58. The standard InChI is InChI=1S/C17H18N2O4S/c20-17(15(19(21)22)16-18-11-7-13-24-16)23-12-6-2-5-10-14-8-3-1-4-9-14/h1-6,8-10,18H,7,11-13H2. The molecule has 0 amide bonds. The van der Waals surface area contributed by atoms with Crippen LogP contribution in [-0.2, 0) is 9.53 Å². The highest BCUT2D eigenvalue weighted by atomic mass is 32.2. The van der Waals surface area contributed by atoms with E-state index in [-0.39, 0.29) is 11.6 Å². The number of hydrogen-bond acceptors (Lipinski definition) is 6. The van der Waals surface area contributed by atoms with Crippen molar-refractivity contribution in [3.63, 3.8) is 0 Å². The third-order valence-corrected chi connectivity index (χ3v) is 4.21. The molecule has 6 nitrogen and oxygen atoms in total. The zero-order chi connectivity index (χ0) is 17.2. The Balaban J connectivity index is 1.86. The van der Waals surface area contributed by atoms with E-state index in [4.69, 9.17) is 4.74 Å². The Morgan fingerprint density at radius 1 is 1.33 bits per heavy atom. The number of benzene rings is 1. The van der Waals surface area contributed by atoms with Gasteiger partial charge in [-0.2, -0.15) is 0 Å². The highest BCUT2D eigenvalue weighted by Crippen LogP contribution is 2.22. The van der Waals surface area contributed by atoms with Gasteiger partial charge in [0.1, 0.15) is 6.61 Å². The van der Waals surface area contributed by atoms with Crippen molar-refractivity contribution >= 4 is 23.8 Å². The summed E-state index contributed by atoms with van der Waals surface area (Å²) in [5, 5.41) is 14.3. The molecule has 24 heavy (non-hydrogen) atoms. The Bertz CT molecular complexity index is 660. The minimum Gasteiger partial charge on any atom is -0.453 e. The van der Waals surface area contributed by atoms with E-state index < -0.39 is 16.6 Å². The number of allylic oxidation sites excluding steroid dienone is 2. The number of carbonyl (C=O) groups is 1. The molecule has 1 saturated heterocycles. The van der Waals surface area contributed by atoms with Gasteiger partial charge < -0.3 is 10.1 Å². The summed E-state index contributed by atoms with van der Waals surface area (Å²) >= 11 is 1.27. The summed E-state index contributed by atoms with van der Waals surface area (Å²) in [6.07, 6.45) is 7.98. The number of hydrogen-bond donors (Lipinski definition) is 1. The second-order valence-electron chi connectivity index (χ2n) is 4.86. The average Bonchev–Trinajstić information content (AvgIpc) is 2.59. The Morgan fingerprint density at radius 3 is 2.79 bits per heavy atom. The smallest absolute Gasteiger partial charge is 0.413 e. The van der Waals surface area contributed by atoms with Crippen molar-refractivity contribution in [1.82, 2.24) is 5.32 Å². The van der Waals surface area contributed by atoms with Gasteiger partial charge in [-0.05, 0) is 18.1 Å². The summed E-state index contributed by atoms with van der Waals surface area (Å²) in [6, 6.07) is 9.75. The molecule has 0 bridgehead atoms. The number of carbonyl (C=O) groups excluding carboxylic acids is 1. The SMILES string of the molecule is O=C(OCC=CC=Cc1ccccc1)C(=C1NCCCS1)[N+](=O)[O-]. The number of nitro groups is 1. The van der Waals surface area contributed by atoms with Crippen LogP contribution < -0.4 is 5.32 Å². The maximum absolute atomic E-state index is 11.9. The van der Waals surface area contributed by atoms with Crippen molar-refractivity contribution < 1.29 is 14.5 Å². The van der Waals surface area contributed by atoms with Gasteiger partial charge in [0, 0.05) is 12.3 Å². The fourth-order valence-electron chi connectivity index (χ4n) is 1.96. The molecule has 1 aliphatic heterocycles. The predicted octanol–water partition coefficient (Wildman–Crippen LogP) is 2.97. The van der Waals surface area contributed by atoms with Crippen LogP contribution in [0.15, 0.2) is 59.3 Å². The molecule has 126 valence electrons. The van der Waals surface area contributed by atoms with E-state index >= 15 is 0 Å². The van der Waals surface area contributed by atoms with E-state index in [1.54, 1.807) is 12.2 Å². The topological polar surface area (TPSA) is 81.5 Å². The highest BCUT2D eigenvalue weighted by molar-refractivity contribution is 8.03. The highest BCUT2D eigenvalue weighted by Gasteiger charge is 2.30. The van der Waals surface area contributed by atoms with Gasteiger partial charge in [-0.25, -0.2) is 4.79 Å². The van der Waals surface area contributed by atoms with Crippen molar-refractivity contribution in [2.24, 2.45) is 0 Å². The molecule has 0 spiro atoms. The zero-order valence-electron chi connectivity index (χ0n) is 13.0. The molecule has 2 rings (SSSR count). The lowest BCUT2D eigenvalue weighted by molar-refractivity contribution is -0.422. The predicted molar refractivity (Wildman–Crippen MR) is 94.7 cm³/mol. The van der Waals surface area contributed by atoms with Gasteiger partial charge >= 0.3 is 11.7 Å². The van der Waals surface area contributed by atoms with Crippen molar-refractivity contribution in [2.75, 3.05) is 18.9 Å². The maximum Gasteiger partial charge on any atom is 0.413 e. The molecule has 0 radical (unpaired) electrons. The van der Waals surface area contributed by atoms with Crippen molar-refractivity contribution in [3.05, 3.63) is 75.0 Å². The van der Waals surface area contributed by atoms with Gasteiger partial charge in [0.05, 0.1) is 4.92 Å². The Morgan fingerprint density at radius 2 is 2.12 bits per heavy atom. The lowest BCUT2D eigenvalue weighted by Crippen LogP contribution is -2.26. The van der Waals surface area contributed by atoms with Crippen LogP contribution in [0.1, 0.15) is 12.0 Å². The number of ether oxygens (including phenoxy) is 1. The Labute approximate surface area is 144 Å². The van der Waals surface area contributed by atoms with Crippen LogP contribution >= 0.6 is 11.8 Å². The number of nitrogens with zero attached hydrogens (tertiary/aromatic N) is 1. The molecule has 1 fully saturated rings. The molecule has 1 aromatic carbocycles. The molecule has 1 aliphatic rings. The first kappa shape index (κ1) is 17.8. The molecular weight excluding hydrogens is 328 g/mol. The molecule has 0 unspecified atom stereocenters. The van der Waals surface area contributed by atoms with Crippen molar-refractivity contribution in [3.8, 4) is 0 Å². The summed E-state index contributed by atoms with van der Waals surface area (Å²) in [5.41, 5.74) is 0.535. The fraction of sp³-hybridized carbons (Fsp3) is 0.235. The van der Waals surface area contributed by atoms with E-state index in [9.17, 15) is 14.9 Å². The van der Waals surface area contributed by atoms with Crippen LogP contribution in [0.2, 0.25) is 0 Å². The minimum absolute atomic E-state index is 0.0206. The number of esters is 1. The van der Waals surface area contributed by atoms with E-state index in [1.807, 2.05) is 42.5 Å². The first-order valence-corrected chi connectivity index (χ1v) is 8.48. The van der Waals surface area contributed by atoms with E-state index in [2.05, 4.69) is 5.32 Å². The van der Waals surface area contributed by atoms with Crippen LogP contribution in [0, 0.1) is 10.1 Å². The number of rotatable bonds is 6. The summed E-state index contributed by atoms with van der Waals surface area (Å²) in [4.78, 5) is 22.3. The van der Waals surface area contributed by atoms with Crippen LogP contribution in [0.25, 0.3) is 6.08 Å². The maximum atomic E-state index is 11.9. The largest absolute Gasteiger partial charge is 0.453 e. The van der Waals surface area contributed by atoms with Crippen molar-refractivity contribution in [1.29, 1.82) is 0 Å². The molecule has 0 aromatic heterocycles. The quantitative estimate of drug-likeness (QED) is 0.280. The molecule has 1 heterocycles. The summed E-state index contributed by atoms with van der Waals surface area (Å²) in [7, 11) is 0. The summed E-state index contributed by atoms with van der Waals surface area (Å²) in [5.74, 6) is -0.175. The van der Waals surface area contributed by atoms with Gasteiger partial charge in [-0.3, -0.25) is 10.1 Å². The minimum atomic E-state index is -0.923. The van der Waals surface area contributed by atoms with Gasteiger partial charge in [0.25, 0.3) is 0 Å². The van der Waals surface area contributed by atoms with Gasteiger partial charge in [-0.1, -0.05) is 48.6 Å². The van der Waals surface area contributed by atoms with Crippen LogP contribution in [0.5, 0.6) is 0 Å². The fourth-order valence-corrected chi connectivity index (χ4v) is 2.95. The zero-order valence-corrected chi connectivity index (χ0v) is 13.8. The lowest BCUT2D eigenvalue weighted by Gasteiger charge is -2.15. The second-order valence-corrected chi connectivity index (χ2v) is 5.97. The van der Waals surface area contributed by atoms with Crippen LogP contribution in [0.3, 0.4) is 0 Å². The molecule has 0 atom stereocenters. The molecule has 1 aromatic rings. The first-order valence-electron chi connectivity index (χ1n) is 7.49. The van der Waals surface area contributed by atoms with Gasteiger partial charge in [0.15, 0.2) is 5.03 Å². The molecular formula is C17H18N2O4S. The normalized spacial score (nSPS) is 16.8. The summed E-state index contributed by atoms with van der Waals surface area (Å²) < 4.78 is 4.96. The molecule has 1 N–H and O–H groups in total. The first-order chi connectivity index (χ1) is 11.7. The van der Waals surface area contributed by atoms with Gasteiger partial charge in [-0.15, -0.1) is 11.8 Å². The van der Waals surface area contributed by atoms with Crippen molar-refractivity contribution in [2.45, 2.75) is 6.42 Å². The lowest BCUT2D eigenvalue weighted by atomic mass is 10.2. The monoisotopic (exact) mass is 346 g/mol. The molecule has 7 heteroatoms. The third-order valence-electron chi connectivity index (χ3n) is 3.09. The second kappa shape index (κ2) is 9.57. The Kier molecular flexibility index (Phi) is 7.10. The Hall–Kier alpha value is -2.54. The van der Waals surface area contributed by atoms with Gasteiger partial charge in [0.2, 0.25) is 0 Å². The molecule has 0 aliphatic carbocycles. The van der Waals surface area contributed by atoms with E-state index in [0.717, 1.165) is 17.7 Å². The number of nitrogens with one attached hydrogen (secondary N) is 1. The number of thioether (sulfide) groups is 1. The van der Waals surface area contributed by atoms with Crippen LogP contribution in [0.4, 0.5) is 0 Å².